The largest absolute Gasteiger partial charge is 0.276 e. The quantitative estimate of drug-likeness (QED) is 0.777. The van der Waals surface area contributed by atoms with E-state index in [0.29, 0.717) is 16.3 Å². The zero-order valence-corrected chi connectivity index (χ0v) is 7.65. The number of benzene rings is 1. The van der Waals surface area contributed by atoms with Crippen LogP contribution in [0.4, 0.5) is 8.78 Å². The molecule has 1 N–H and O–H groups in total. The van der Waals surface area contributed by atoms with Gasteiger partial charge in [0, 0.05) is 11.6 Å². The maximum Gasteiger partial charge on any atom is 0.126 e. The summed E-state index contributed by atoms with van der Waals surface area (Å²) in [5.74, 6) is -1.30. The Balaban J connectivity index is 2.57. The van der Waals surface area contributed by atoms with E-state index in [1.165, 1.54) is 18.3 Å². The van der Waals surface area contributed by atoms with E-state index in [4.69, 9.17) is 11.6 Å². The van der Waals surface area contributed by atoms with Crippen LogP contribution in [0.2, 0.25) is 5.02 Å². The minimum Gasteiger partial charge on any atom is -0.276 e. The van der Waals surface area contributed by atoms with Crippen molar-refractivity contribution in [2.24, 2.45) is 0 Å². The van der Waals surface area contributed by atoms with Crippen LogP contribution in [0.15, 0.2) is 24.4 Å². The number of halogens is 3. The van der Waals surface area contributed by atoms with Crippen molar-refractivity contribution in [1.82, 2.24) is 10.2 Å². The SMILES string of the molecule is Fc1cc(F)cc(-c2[nH]ncc2Cl)c1. The molecule has 0 aliphatic carbocycles. The molecule has 0 fully saturated rings. The highest BCUT2D eigenvalue weighted by atomic mass is 35.5. The van der Waals surface area contributed by atoms with E-state index >= 15 is 0 Å². The molecule has 0 unspecified atom stereocenters. The van der Waals surface area contributed by atoms with Gasteiger partial charge >= 0.3 is 0 Å². The number of hydrogen-bond donors (Lipinski definition) is 1. The van der Waals surface area contributed by atoms with Crippen molar-refractivity contribution >= 4 is 11.6 Å². The van der Waals surface area contributed by atoms with Gasteiger partial charge in [0.1, 0.15) is 11.6 Å². The number of aromatic amines is 1. The Morgan fingerprint density at radius 1 is 1.14 bits per heavy atom. The molecule has 0 saturated carbocycles. The maximum atomic E-state index is 12.8. The van der Waals surface area contributed by atoms with Crippen LogP contribution >= 0.6 is 11.6 Å². The second-order valence-corrected chi connectivity index (χ2v) is 3.16. The van der Waals surface area contributed by atoms with Crippen molar-refractivity contribution < 1.29 is 8.78 Å². The van der Waals surface area contributed by atoms with Crippen molar-refractivity contribution in [3.8, 4) is 11.3 Å². The zero-order valence-electron chi connectivity index (χ0n) is 6.89. The Morgan fingerprint density at radius 3 is 2.29 bits per heavy atom. The molecule has 0 aliphatic rings. The summed E-state index contributed by atoms with van der Waals surface area (Å²) in [5, 5.41) is 6.55. The molecule has 0 saturated heterocycles. The molecule has 2 nitrogen and oxygen atoms in total. The van der Waals surface area contributed by atoms with Crippen LogP contribution in [0.3, 0.4) is 0 Å². The number of nitrogens with zero attached hydrogens (tertiary/aromatic N) is 1. The Kier molecular flexibility index (Phi) is 2.21. The number of H-pyrrole nitrogens is 1. The molecule has 1 aromatic carbocycles. The molecule has 0 spiro atoms. The van der Waals surface area contributed by atoms with E-state index in [-0.39, 0.29) is 0 Å². The summed E-state index contributed by atoms with van der Waals surface area (Å²) in [6.07, 6.45) is 1.37. The van der Waals surface area contributed by atoms with Gasteiger partial charge in [0.05, 0.1) is 16.9 Å². The number of hydrogen-bond acceptors (Lipinski definition) is 1. The summed E-state index contributed by atoms with van der Waals surface area (Å²) < 4.78 is 25.7. The first-order valence-electron chi connectivity index (χ1n) is 3.82. The predicted molar refractivity (Wildman–Crippen MR) is 48.9 cm³/mol. The molecule has 14 heavy (non-hydrogen) atoms. The van der Waals surface area contributed by atoms with Gasteiger partial charge in [-0.15, -0.1) is 0 Å². The van der Waals surface area contributed by atoms with Crippen molar-refractivity contribution in [1.29, 1.82) is 0 Å². The predicted octanol–water partition coefficient (Wildman–Crippen LogP) is 3.01. The average molecular weight is 215 g/mol. The van der Waals surface area contributed by atoms with Crippen LogP contribution in [-0.4, -0.2) is 10.2 Å². The minimum absolute atomic E-state index is 0.329. The molecule has 0 bridgehead atoms. The van der Waals surface area contributed by atoms with Crippen molar-refractivity contribution in [3.05, 3.63) is 41.1 Å². The van der Waals surface area contributed by atoms with Gasteiger partial charge in [0.15, 0.2) is 0 Å². The lowest BCUT2D eigenvalue weighted by Crippen LogP contribution is -1.84. The van der Waals surface area contributed by atoms with Crippen molar-refractivity contribution in [2.45, 2.75) is 0 Å². The normalized spacial score (nSPS) is 10.5. The van der Waals surface area contributed by atoms with E-state index in [9.17, 15) is 8.78 Å². The van der Waals surface area contributed by atoms with E-state index in [1.807, 2.05) is 0 Å². The summed E-state index contributed by atoms with van der Waals surface area (Å²) >= 11 is 5.74. The monoisotopic (exact) mass is 214 g/mol. The fourth-order valence-corrected chi connectivity index (χ4v) is 1.37. The second kappa shape index (κ2) is 3.38. The topological polar surface area (TPSA) is 28.7 Å². The third kappa shape index (κ3) is 1.61. The van der Waals surface area contributed by atoms with Crippen LogP contribution in [0.25, 0.3) is 11.3 Å². The maximum absolute atomic E-state index is 12.8. The first-order chi connectivity index (χ1) is 6.66. The van der Waals surface area contributed by atoms with Gasteiger partial charge in [0.2, 0.25) is 0 Å². The molecule has 0 radical (unpaired) electrons. The minimum atomic E-state index is -0.648. The van der Waals surface area contributed by atoms with Crippen LogP contribution in [0.5, 0.6) is 0 Å². The number of nitrogens with one attached hydrogen (secondary N) is 1. The van der Waals surface area contributed by atoms with Crippen molar-refractivity contribution in [2.75, 3.05) is 0 Å². The molecular weight excluding hydrogens is 210 g/mol. The Morgan fingerprint density at radius 2 is 1.79 bits per heavy atom. The van der Waals surface area contributed by atoms with Gasteiger partial charge < -0.3 is 0 Å². The molecule has 1 heterocycles. The molecule has 1 aromatic heterocycles. The van der Waals surface area contributed by atoms with Crippen LogP contribution < -0.4 is 0 Å². The summed E-state index contributed by atoms with van der Waals surface area (Å²) in [4.78, 5) is 0. The lowest BCUT2D eigenvalue weighted by atomic mass is 10.1. The number of rotatable bonds is 1. The van der Waals surface area contributed by atoms with Crippen molar-refractivity contribution in [3.63, 3.8) is 0 Å². The van der Waals surface area contributed by atoms with E-state index in [2.05, 4.69) is 10.2 Å². The summed E-state index contributed by atoms with van der Waals surface area (Å²) in [6, 6.07) is 3.17. The van der Waals surface area contributed by atoms with Gasteiger partial charge in [0.25, 0.3) is 0 Å². The zero-order chi connectivity index (χ0) is 10.1. The Labute approximate surface area is 83.5 Å². The highest BCUT2D eigenvalue weighted by molar-refractivity contribution is 6.32. The van der Waals surface area contributed by atoms with Gasteiger partial charge in [-0.3, -0.25) is 5.10 Å². The molecule has 2 rings (SSSR count). The summed E-state index contributed by atoms with van der Waals surface area (Å²) in [7, 11) is 0. The molecule has 5 heteroatoms. The van der Waals surface area contributed by atoms with E-state index in [1.54, 1.807) is 0 Å². The van der Waals surface area contributed by atoms with Gasteiger partial charge in [-0.05, 0) is 12.1 Å². The first-order valence-corrected chi connectivity index (χ1v) is 4.20. The molecule has 2 aromatic rings. The Hall–Kier alpha value is -1.42. The Bertz CT molecular complexity index is 447. The van der Waals surface area contributed by atoms with Gasteiger partial charge in [-0.25, -0.2) is 8.78 Å². The first kappa shape index (κ1) is 9.15. The molecule has 0 aliphatic heterocycles. The fraction of sp³-hybridized carbons (Fsp3) is 0. The fourth-order valence-electron chi connectivity index (χ4n) is 1.17. The molecule has 0 amide bonds. The smallest absolute Gasteiger partial charge is 0.126 e. The third-order valence-electron chi connectivity index (χ3n) is 1.74. The number of aromatic nitrogens is 2. The molecular formula is C9H5ClF2N2. The third-order valence-corrected chi connectivity index (χ3v) is 2.03. The highest BCUT2D eigenvalue weighted by Gasteiger charge is 2.08. The highest BCUT2D eigenvalue weighted by Crippen LogP contribution is 2.26. The van der Waals surface area contributed by atoms with Gasteiger partial charge in [-0.2, -0.15) is 5.10 Å². The lowest BCUT2D eigenvalue weighted by molar-refractivity contribution is 0.584. The van der Waals surface area contributed by atoms with E-state index in [0.717, 1.165) is 6.07 Å². The average Bonchev–Trinajstić information content (AvgIpc) is 2.49. The standard InChI is InChI=1S/C9H5ClF2N2/c10-8-4-13-14-9(8)5-1-6(11)3-7(12)2-5/h1-4H,(H,13,14). The molecule has 72 valence electrons. The van der Waals surface area contributed by atoms with Crippen LogP contribution in [-0.2, 0) is 0 Å². The molecule has 0 atom stereocenters. The van der Waals surface area contributed by atoms with Crippen LogP contribution in [0.1, 0.15) is 0 Å². The van der Waals surface area contributed by atoms with Gasteiger partial charge in [-0.1, -0.05) is 11.6 Å². The second-order valence-electron chi connectivity index (χ2n) is 2.75. The lowest BCUT2D eigenvalue weighted by Gasteiger charge is -1.99. The summed E-state index contributed by atoms with van der Waals surface area (Å²) in [6.45, 7) is 0. The summed E-state index contributed by atoms with van der Waals surface area (Å²) in [5.41, 5.74) is 0.745. The van der Waals surface area contributed by atoms with E-state index < -0.39 is 11.6 Å². The van der Waals surface area contributed by atoms with Crippen LogP contribution in [0, 0.1) is 11.6 Å².